The van der Waals surface area contributed by atoms with Crippen LogP contribution in [0.25, 0.3) is 0 Å². The molecular formula is C24H27FN2O5. The molecule has 1 heterocycles. The maximum absolute atomic E-state index is 13.3. The molecule has 1 unspecified atom stereocenters. The molecule has 170 valence electrons. The van der Waals surface area contributed by atoms with E-state index in [1.54, 1.807) is 57.2 Å². The van der Waals surface area contributed by atoms with E-state index in [1.807, 2.05) is 0 Å². The largest absolute Gasteiger partial charge is 0.444 e. The molecule has 1 atom stereocenters. The van der Waals surface area contributed by atoms with Gasteiger partial charge in [-0.2, -0.15) is 0 Å². The van der Waals surface area contributed by atoms with Crippen molar-refractivity contribution in [2.45, 2.75) is 39.0 Å². The quantitative estimate of drug-likeness (QED) is 0.609. The molecule has 0 saturated heterocycles. The van der Waals surface area contributed by atoms with Crippen LogP contribution in [0.4, 0.5) is 9.18 Å². The van der Waals surface area contributed by atoms with Gasteiger partial charge in [0.05, 0.1) is 30.3 Å². The second-order valence-corrected chi connectivity index (χ2v) is 8.61. The first-order valence-electron chi connectivity index (χ1n) is 10.3. The Balaban J connectivity index is 1.77. The van der Waals surface area contributed by atoms with E-state index < -0.39 is 29.6 Å². The molecule has 2 aromatic rings. The zero-order valence-electron chi connectivity index (χ0n) is 18.6. The number of fused-ring (bicyclic) bond motifs is 1. The second-order valence-electron chi connectivity index (χ2n) is 8.61. The summed E-state index contributed by atoms with van der Waals surface area (Å²) < 4.78 is 24.3. The Morgan fingerprint density at radius 1 is 1.03 bits per heavy atom. The van der Waals surface area contributed by atoms with Gasteiger partial charge in [0.1, 0.15) is 11.4 Å². The summed E-state index contributed by atoms with van der Waals surface area (Å²) in [6.45, 7) is 5.47. The number of nitrogens with zero attached hydrogens (tertiary/aromatic N) is 2. The van der Waals surface area contributed by atoms with E-state index in [-0.39, 0.29) is 25.5 Å². The van der Waals surface area contributed by atoms with Gasteiger partial charge in [-0.1, -0.05) is 24.3 Å². The van der Waals surface area contributed by atoms with E-state index >= 15 is 0 Å². The standard InChI is InChI=1S/C24H27FN2O5/c1-24(2,3)32-23(30)26(13-16-9-11-17(25)12-10-16)14-18(31-4)15-27-21(28)19-7-5-6-8-20(19)22(27)29/h5-12,18H,13-15H2,1-4H3. The van der Waals surface area contributed by atoms with Crippen molar-refractivity contribution in [2.75, 3.05) is 20.2 Å². The van der Waals surface area contributed by atoms with Crippen LogP contribution in [0.3, 0.4) is 0 Å². The minimum Gasteiger partial charge on any atom is -0.444 e. The predicted octanol–water partition coefficient (Wildman–Crippen LogP) is 3.87. The van der Waals surface area contributed by atoms with Gasteiger partial charge in [-0.05, 0) is 50.6 Å². The highest BCUT2D eigenvalue weighted by atomic mass is 19.1. The molecule has 0 fully saturated rings. The summed E-state index contributed by atoms with van der Waals surface area (Å²) in [6, 6.07) is 12.4. The number of carbonyl (C=O) groups excluding carboxylic acids is 3. The van der Waals surface area contributed by atoms with Crippen LogP contribution in [0.1, 0.15) is 47.1 Å². The molecule has 8 heteroatoms. The molecule has 3 rings (SSSR count). The van der Waals surface area contributed by atoms with Crippen molar-refractivity contribution in [3.05, 3.63) is 71.0 Å². The van der Waals surface area contributed by atoms with Crippen LogP contribution < -0.4 is 0 Å². The fraction of sp³-hybridized carbons (Fsp3) is 0.375. The number of rotatable bonds is 7. The summed E-state index contributed by atoms with van der Waals surface area (Å²) >= 11 is 0. The first-order chi connectivity index (χ1) is 15.1. The van der Waals surface area contributed by atoms with E-state index in [1.165, 1.54) is 24.1 Å². The van der Waals surface area contributed by atoms with Gasteiger partial charge in [0.2, 0.25) is 0 Å². The van der Waals surface area contributed by atoms with E-state index in [2.05, 4.69) is 0 Å². The Morgan fingerprint density at radius 2 is 1.59 bits per heavy atom. The molecule has 0 N–H and O–H groups in total. The Bertz CT molecular complexity index is 965. The van der Waals surface area contributed by atoms with Gasteiger partial charge in [0.25, 0.3) is 11.8 Å². The number of benzene rings is 2. The third-order valence-corrected chi connectivity index (χ3v) is 4.96. The molecule has 0 spiro atoms. The summed E-state index contributed by atoms with van der Waals surface area (Å²) in [5, 5.41) is 0. The maximum Gasteiger partial charge on any atom is 0.410 e. The number of hydrogen-bond acceptors (Lipinski definition) is 5. The van der Waals surface area contributed by atoms with Crippen LogP contribution in [-0.4, -0.2) is 59.6 Å². The van der Waals surface area contributed by atoms with E-state index in [9.17, 15) is 18.8 Å². The van der Waals surface area contributed by atoms with Crippen LogP contribution >= 0.6 is 0 Å². The molecule has 0 aromatic heterocycles. The molecule has 2 aromatic carbocycles. The van der Waals surface area contributed by atoms with Gasteiger partial charge in [-0.3, -0.25) is 14.5 Å². The number of carbonyl (C=O) groups is 3. The zero-order chi connectivity index (χ0) is 23.5. The fourth-order valence-electron chi connectivity index (χ4n) is 3.40. The minimum atomic E-state index is -0.719. The SMILES string of the molecule is COC(CN(Cc1ccc(F)cc1)C(=O)OC(C)(C)C)CN1C(=O)c2ccccc2C1=O. The molecule has 0 aliphatic carbocycles. The summed E-state index contributed by atoms with van der Waals surface area (Å²) in [7, 11) is 1.45. The van der Waals surface area contributed by atoms with E-state index in [0.717, 1.165) is 4.90 Å². The summed E-state index contributed by atoms with van der Waals surface area (Å²) in [6.07, 6.45) is -1.23. The lowest BCUT2D eigenvalue weighted by Gasteiger charge is -2.31. The van der Waals surface area contributed by atoms with E-state index in [0.29, 0.717) is 16.7 Å². The average Bonchev–Trinajstić information content (AvgIpc) is 2.97. The van der Waals surface area contributed by atoms with Gasteiger partial charge in [-0.15, -0.1) is 0 Å². The minimum absolute atomic E-state index is 0.0223. The van der Waals surface area contributed by atoms with E-state index in [4.69, 9.17) is 9.47 Å². The average molecular weight is 442 g/mol. The lowest BCUT2D eigenvalue weighted by molar-refractivity contribution is 0.00108. The normalized spacial score (nSPS) is 14.3. The Kier molecular flexibility index (Phi) is 6.93. The fourth-order valence-corrected chi connectivity index (χ4v) is 3.40. The molecular weight excluding hydrogens is 415 g/mol. The van der Waals surface area contributed by atoms with Crippen LogP contribution in [0.5, 0.6) is 0 Å². The summed E-state index contributed by atoms with van der Waals surface area (Å²) in [5.74, 6) is -1.16. The van der Waals surface area contributed by atoms with Gasteiger partial charge in [0, 0.05) is 13.7 Å². The Hall–Kier alpha value is -3.26. The lowest BCUT2D eigenvalue weighted by atomic mass is 10.1. The number of ether oxygens (including phenoxy) is 2. The van der Waals surface area contributed by atoms with Gasteiger partial charge >= 0.3 is 6.09 Å². The first-order valence-corrected chi connectivity index (χ1v) is 10.3. The van der Waals surface area contributed by atoms with Crippen molar-refractivity contribution in [1.29, 1.82) is 0 Å². The van der Waals surface area contributed by atoms with Crippen molar-refractivity contribution in [3.8, 4) is 0 Å². The van der Waals surface area contributed by atoms with Gasteiger partial charge in [0.15, 0.2) is 0 Å². The van der Waals surface area contributed by atoms with Crippen molar-refractivity contribution >= 4 is 17.9 Å². The first kappa shape index (κ1) is 23.4. The number of imide groups is 1. The molecule has 7 nitrogen and oxygen atoms in total. The summed E-state index contributed by atoms with van der Waals surface area (Å²) in [5.41, 5.74) is 0.682. The smallest absolute Gasteiger partial charge is 0.410 e. The third-order valence-electron chi connectivity index (χ3n) is 4.96. The number of methoxy groups -OCH3 is 1. The van der Waals surface area contributed by atoms with Crippen LogP contribution in [0, 0.1) is 5.82 Å². The lowest BCUT2D eigenvalue weighted by Crippen LogP contribution is -2.46. The van der Waals surface area contributed by atoms with Gasteiger partial charge < -0.3 is 14.4 Å². The van der Waals surface area contributed by atoms with Crippen LogP contribution in [0.15, 0.2) is 48.5 Å². The van der Waals surface area contributed by atoms with Crippen molar-refractivity contribution in [3.63, 3.8) is 0 Å². The van der Waals surface area contributed by atoms with Crippen molar-refractivity contribution in [2.24, 2.45) is 0 Å². The highest BCUT2D eigenvalue weighted by Gasteiger charge is 2.37. The summed E-state index contributed by atoms with van der Waals surface area (Å²) in [4.78, 5) is 40.8. The number of halogens is 1. The molecule has 1 aliphatic rings. The highest BCUT2D eigenvalue weighted by Crippen LogP contribution is 2.23. The monoisotopic (exact) mass is 442 g/mol. The van der Waals surface area contributed by atoms with Crippen molar-refractivity contribution < 1.29 is 28.2 Å². The van der Waals surface area contributed by atoms with Crippen molar-refractivity contribution in [1.82, 2.24) is 9.80 Å². The Morgan fingerprint density at radius 3 is 2.09 bits per heavy atom. The molecule has 0 bridgehead atoms. The topological polar surface area (TPSA) is 76.2 Å². The number of hydrogen-bond donors (Lipinski definition) is 0. The highest BCUT2D eigenvalue weighted by molar-refractivity contribution is 6.21. The second kappa shape index (κ2) is 9.48. The zero-order valence-corrected chi connectivity index (χ0v) is 18.6. The predicted molar refractivity (Wildman–Crippen MR) is 116 cm³/mol. The molecule has 1 aliphatic heterocycles. The maximum atomic E-state index is 13.3. The molecule has 3 amide bonds. The molecule has 0 saturated carbocycles. The number of amides is 3. The molecule has 0 radical (unpaired) electrons. The van der Waals surface area contributed by atoms with Crippen LogP contribution in [-0.2, 0) is 16.0 Å². The van der Waals surface area contributed by atoms with Crippen LogP contribution in [0.2, 0.25) is 0 Å². The third kappa shape index (κ3) is 5.50. The Labute approximate surface area is 186 Å². The molecule has 32 heavy (non-hydrogen) atoms. The van der Waals surface area contributed by atoms with Gasteiger partial charge in [-0.25, -0.2) is 9.18 Å².